The summed E-state index contributed by atoms with van der Waals surface area (Å²) in [4.78, 5) is 42.5. The van der Waals surface area contributed by atoms with Gasteiger partial charge in [-0.05, 0) is 44.4 Å². The Labute approximate surface area is 278 Å². The number of aliphatic hydroxyl groups excluding tert-OH is 1. The van der Waals surface area contributed by atoms with Crippen LogP contribution in [0, 0.1) is 5.92 Å². The fourth-order valence-electron chi connectivity index (χ4n) is 4.45. The van der Waals surface area contributed by atoms with Crippen molar-refractivity contribution in [2.24, 2.45) is 5.92 Å². The predicted molar refractivity (Wildman–Crippen MR) is 185 cm³/mol. The summed E-state index contributed by atoms with van der Waals surface area (Å²) >= 11 is 0. The number of ether oxygens (including phenoxy) is 2. The molecule has 0 aromatic carbocycles. The minimum absolute atomic E-state index is 0.115. The van der Waals surface area contributed by atoms with E-state index in [1.54, 1.807) is 0 Å². The van der Waals surface area contributed by atoms with Gasteiger partial charge < -0.3 is 24.4 Å². The summed E-state index contributed by atoms with van der Waals surface area (Å²) in [6.45, 7) is 5.75. The second-order valence-corrected chi connectivity index (χ2v) is 13.2. The van der Waals surface area contributed by atoms with Crippen molar-refractivity contribution in [3.05, 3.63) is 48.6 Å². The van der Waals surface area contributed by atoms with E-state index in [-0.39, 0.29) is 25.6 Å². The van der Waals surface area contributed by atoms with Crippen molar-refractivity contribution in [3.8, 4) is 0 Å². The monoisotopic (exact) mass is 670 g/mol. The smallest absolute Gasteiger partial charge is 0.462 e. The van der Waals surface area contributed by atoms with Crippen molar-refractivity contribution in [3.63, 3.8) is 0 Å². The second kappa shape index (κ2) is 30.3. The number of carbonyl (C=O) groups excluding carboxylic acids is 2. The molecule has 0 aliphatic heterocycles. The number of aliphatic hydroxyl groups is 1. The van der Waals surface area contributed by atoms with E-state index in [0.29, 0.717) is 19.3 Å². The molecule has 0 aromatic heterocycles. The van der Waals surface area contributed by atoms with E-state index in [1.807, 2.05) is 36.5 Å². The first-order chi connectivity index (χ1) is 22.1. The SMILES string of the molecule is CCCCC[C@H](O)/C=C/C=C\C/C=C\C/C=C\CCCC(=O)O[C@H](COC(=O)CCCCCCCCC(C)CC)COP(=O)(O)O. The standard InChI is InChI=1S/C36H63O9P/c1-4-6-20-26-33(37)27-22-17-12-10-8-7-9-11-13-19-24-29-36(39)45-34(31-44-46(40,41)42)30-43-35(38)28-23-18-15-14-16-21-25-32(3)5-2/h7-8,11-13,17,22,27,32-34,37H,4-6,9-10,14-16,18-21,23-26,28-31H2,1-3H3,(H2,40,41,42)/b8-7-,13-11-,17-12-,27-22+/t32?,33-,34+/m0/s1. The number of unbranched alkanes of at least 4 members (excludes halogenated alkanes) is 8. The van der Waals surface area contributed by atoms with Crippen LogP contribution in [0.2, 0.25) is 0 Å². The highest BCUT2D eigenvalue weighted by Crippen LogP contribution is 2.35. The number of phosphoric acid groups is 1. The van der Waals surface area contributed by atoms with Gasteiger partial charge in [-0.3, -0.25) is 14.1 Å². The molecule has 0 heterocycles. The highest BCUT2D eigenvalue weighted by atomic mass is 31.2. The molecule has 9 nitrogen and oxygen atoms in total. The molecule has 0 spiro atoms. The summed E-state index contributed by atoms with van der Waals surface area (Å²) in [5.41, 5.74) is 0. The topological polar surface area (TPSA) is 140 Å². The maximum atomic E-state index is 12.3. The lowest BCUT2D eigenvalue weighted by atomic mass is 10.00. The van der Waals surface area contributed by atoms with Crippen LogP contribution >= 0.6 is 7.82 Å². The number of allylic oxidation sites excluding steroid dienone is 7. The zero-order valence-corrected chi connectivity index (χ0v) is 29.6. The minimum atomic E-state index is -4.77. The molecule has 0 bridgehead atoms. The zero-order valence-electron chi connectivity index (χ0n) is 28.7. The Morgan fingerprint density at radius 2 is 1.37 bits per heavy atom. The molecule has 1 unspecified atom stereocenters. The second-order valence-electron chi connectivity index (χ2n) is 11.9. The number of carbonyl (C=O) groups is 2. The van der Waals surface area contributed by atoms with Gasteiger partial charge in [0.15, 0.2) is 6.10 Å². The highest BCUT2D eigenvalue weighted by molar-refractivity contribution is 7.46. The van der Waals surface area contributed by atoms with Crippen LogP contribution in [0.4, 0.5) is 0 Å². The van der Waals surface area contributed by atoms with E-state index in [2.05, 4.69) is 37.4 Å². The molecular formula is C36H63O9P. The third kappa shape index (κ3) is 31.9. The van der Waals surface area contributed by atoms with Crippen molar-refractivity contribution in [2.75, 3.05) is 13.2 Å². The fourth-order valence-corrected chi connectivity index (χ4v) is 4.81. The molecule has 0 fully saturated rings. The van der Waals surface area contributed by atoms with Gasteiger partial charge in [0.25, 0.3) is 0 Å². The van der Waals surface area contributed by atoms with Crippen LogP contribution in [0.1, 0.15) is 136 Å². The molecule has 266 valence electrons. The Balaban J connectivity index is 4.20. The lowest BCUT2D eigenvalue weighted by Gasteiger charge is -2.18. The average Bonchev–Trinajstić information content (AvgIpc) is 3.01. The Hall–Kier alpha value is -2.03. The molecule has 3 atom stereocenters. The molecule has 0 aliphatic carbocycles. The van der Waals surface area contributed by atoms with Gasteiger partial charge in [0.2, 0.25) is 0 Å². The number of rotatable bonds is 30. The zero-order chi connectivity index (χ0) is 34.3. The van der Waals surface area contributed by atoms with Crippen LogP contribution in [0.3, 0.4) is 0 Å². The van der Waals surface area contributed by atoms with E-state index in [1.165, 1.54) is 25.7 Å². The Kier molecular flexibility index (Phi) is 29.0. The molecule has 0 aromatic rings. The fraction of sp³-hybridized carbons (Fsp3) is 0.722. The van der Waals surface area contributed by atoms with Crippen LogP contribution < -0.4 is 0 Å². The predicted octanol–water partition coefficient (Wildman–Crippen LogP) is 8.83. The molecule has 0 aliphatic rings. The highest BCUT2D eigenvalue weighted by Gasteiger charge is 2.22. The van der Waals surface area contributed by atoms with Crippen LogP contribution in [0.25, 0.3) is 0 Å². The lowest BCUT2D eigenvalue weighted by molar-refractivity contribution is -0.161. The molecular weight excluding hydrogens is 607 g/mol. The number of esters is 2. The molecule has 0 saturated carbocycles. The van der Waals surface area contributed by atoms with E-state index in [4.69, 9.17) is 19.3 Å². The normalized spacial score (nSPS) is 14.5. The molecule has 0 saturated heterocycles. The van der Waals surface area contributed by atoms with Gasteiger partial charge in [0, 0.05) is 12.8 Å². The number of phosphoric ester groups is 1. The van der Waals surface area contributed by atoms with Crippen molar-refractivity contribution >= 4 is 19.8 Å². The third-order valence-electron chi connectivity index (χ3n) is 7.49. The molecule has 3 N–H and O–H groups in total. The molecule has 0 rings (SSSR count). The van der Waals surface area contributed by atoms with Crippen molar-refractivity contribution in [2.45, 2.75) is 149 Å². The Morgan fingerprint density at radius 3 is 2.07 bits per heavy atom. The van der Waals surface area contributed by atoms with Gasteiger partial charge >= 0.3 is 19.8 Å². The third-order valence-corrected chi connectivity index (χ3v) is 7.98. The van der Waals surface area contributed by atoms with E-state index < -0.39 is 32.5 Å². The van der Waals surface area contributed by atoms with Gasteiger partial charge in [0.1, 0.15) is 6.61 Å². The molecule has 0 radical (unpaired) electrons. The number of hydrogen-bond acceptors (Lipinski definition) is 7. The van der Waals surface area contributed by atoms with Crippen molar-refractivity contribution in [1.29, 1.82) is 0 Å². The van der Waals surface area contributed by atoms with Gasteiger partial charge in [-0.15, -0.1) is 0 Å². The van der Waals surface area contributed by atoms with E-state index in [0.717, 1.165) is 63.7 Å². The Morgan fingerprint density at radius 1 is 0.739 bits per heavy atom. The maximum Gasteiger partial charge on any atom is 0.469 e. The Bertz CT molecular complexity index is 922. The average molecular weight is 671 g/mol. The first-order valence-corrected chi connectivity index (χ1v) is 19.0. The van der Waals surface area contributed by atoms with Crippen LogP contribution in [-0.2, 0) is 28.2 Å². The summed E-state index contributed by atoms with van der Waals surface area (Å²) in [7, 11) is -4.77. The van der Waals surface area contributed by atoms with Crippen molar-refractivity contribution in [1.82, 2.24) is 0 Å². The lowest BCUT2D eigenvalue weighted by Crippen LogP contribution is -2.29. The molecule has 0 amide bonds. The summed E-state index contributed by atoms with van der Waals surface area (Å²) in [5, 5.41) is 9.85. The first kappa shape index (κ1) is 44.0. The summed E-state index contributed by atoms with van der Waals surface area (Å²) < 4.78 is 26.1. The minimum Gasteiger partial charge on any atom is -0.462 e. The quantitative estimate of drug-likeness (QED) is 0.0225. The summed E-state index contributed by atoms with van der Waals surface area (Å²) in [6, 6.07) is 0. The van der Waals surface area contributed by atoms with Gasteiger partial charge in [0.05, 0.1) is 12.7 Å². The van der Waals surface area contributed by atoms with Gasteiger partial charge in [-0.1, -0.05) is 134 Å². The van der Waals surface area contributed by atoms with E-state index in [9.17, 15) is 19.3 Å². The summed E-state index contributed by atoms with van der Waals surface area (Å²) in [6.07, 6.45) is 30.4. The largest absolute Gasteiger partial charge is 0.469 e. The first-order valence-electron chi connectivity index (χ1n) is 17.4. The van der Waals surface area contributed by atoms with Gasteiger partial charge in [-0.25, -0.2) is 4.57 Å². The summed E-state index contributed by atoms with van der Waals surface area (Å²) in [5.74, 6) is -0.208. The molecule has 46 heavy (non-hydrogen) atoms. The van der Waals surface area contributed by atoms with Crippen molar-refractivity contribution < 1.29 is 43.0 Å². The van der Waals surface area contributed by atoms with Crippen LogP contribution in [-0.4, -0.2) is 52.3 Å². The van der Waals surface area contributed by atoms with E-state index >= 15 is 0 Å². The van der Waals surface area contributed by atoms with Crippen LogP contribution in [0.5, 0.6) is 0 Å². The molecule has 10 heteroatoms. The number of hydrogen-bond donors (Lipinski definition) is 3. The van der Waals surface area contributed by atoms with Crippen LogP contribution in [0.15, 0.2) is 48.6 Å². The van der Waals surface area contributed by atoms with Gasteiger partial charge in [-0.2, -0.15) is 0 Å². The maximum absolute atomic E-state index is 12.3.